The van der Waals surface area contributed by atoms with Gasteiger partial charge in [0.2, 0.25) is 10.0 Å². The first-order valence-corrected chi connectivity index (χ1v) is 12.0. The van der Waals surface area contributed by atoms with Crippen molar-refractivity contribution in [3.8, 4) is 0 Å². The van der Waals surface area contributed by atoms with E-state index in [9.17, 15) is 8.42 Å². The summed E-state index contributed by atoms with van der Waals surface area (Å²) >= 11 is 1.87. The molecular weight excluding hydrogens is 374 g/mol. The third-order valence-electron chi connectivity index (χ3n) is 5.73. The number of aryl methyl sites for hydroxylation is 3. The standard InChI is InChI=1S/C22H29NO2S2/c1-15-8-6-7-9-20(15)21-10-11-23(12-13-26-21)27(24,25)22-18(4)16(2)14-17(3)19(22)5/h6-9,14,21H,10-13H2,1-5H3. The summed E-state index contributed by atoms with van der Waals surface area (Å²) < 4.78 is 28.7. The molecule has 0 bridgehead atoms. The van der Waals surface area contributed by atoms with Gasteiger partial charge in [-0.3, -0.25) is 0 Å². The van der Waals surface area contributed by atoms with Crippen molar-refractivity contribution in [2.24, 2.45) is 0 Å². The minimum absolute atomic E-state index is 0.354. The van der Waals surface area contributed by atoms with Gasteiger partial charge in [0.1, 0.15) is 0 Å². The van der Waals surface area contributed by atoms with Gasteiger partial charge in [-0.2, -0.15) is 16.1 Å². The smallest absolute Gasteiger partial charge is 0.207 e. The van der Waals surface area contributed by atoms with Crippen LogP contribution in [0.2, 0.25) is 0 Å². The molecule has 1 aliphatic heterocycles. The Morgan fingerprint density at radius 3 is 2.19 bits per heavy atom. The van der Waals surface area contributed by atoms with Crippen LogP contribution in [-0.4, -0.2) is 31.6 Å². The van der Waals surface area contributed by atoms with E-state index < -0.39 is 10.0 Å². The van der Waals surface area contributed by atoms with E-state index in [2.05, 4.69) is 37.3 Å². The monoisotopic (exact) mass is 403 g/mol. The number of benzene rings is 2. The fourth-order valence-corrected chi connectivity index (χ4v) is 7.36. The molecule has 1 saturated heterocycles. The predicted molar refractivity (Wildman–Crippen MR) is 115 cm³/mol. The number of thioether (sulfide) groups is 1. The Kier molecular flexibility index (Phi) is 6.04. The summed E-state index contributed by atoms with van der Waals surface area (Å²) in [6.45, 7) is 11.1. The highest BCUT2D eigenvalue weighted by Gasteiger charge is 2.31. The second kappa shape index (κ2) is 7.98. The Labute approximate surface area is 168 Å². The number of hydrogen-bond acceptors (Lipinski definition) is 3. The highest BCUT2D eigenvalue weighted by molar-refractivity contribution is 7.99. The summed E-state index contributed by atoms with van der Waals surface area (Å²) in [4.78, 5) is 0.513. The van der Waals surface area contributed by atoms with Crippen LogP contribution in [0, 0.1) is 34.6 Å². The zero-order valence-corrected chi connectivity index (χ0v) is 18.5. The summed E-state index contributed by atoms with van der Waals surface area (Å²) in [5, 5.41) is 0.354. The molecule has 0 saturated carbocycles. The molecule has 0 N–H and O–H groups in total. The van der Waals surface area contributed by atoms with Gasteiger partial charge >= 0.3 is 0 Å². The predicted octanol–water partition coefficient (Wildman–Crippen LogP) is 5.10. The van der Waals surface area contributed by atoms with E-state index >= 15 is 0 Å². The molecule has 27 heavy (non-hydrogen) atoms. The fraction of sp³-hybridized carbons (Fsp3) is 0.455. The molecular formula is C22H29NO2S2. The molecule has 2 aromatic carbocycles. The van der Waals surface area contributed by atoms with Crippen molar-refractivity contribution in [1.82, 2.24) is 4.31 Å². The van der Waals surface area contributed by atoms with Crippen LogP contribution in [0.4, 0.5) is 0 Å². The van der Waals surface area contributed by atoms with Gasteiger partial charge in [-0.25, -0.2) is 8.42 Å². The molecule has 0 aliphatic carbocycles. The molecule has 5 heteroatoms. The van der Waals surface area contributed by atoms with Gasteiger partial charge in [-0.05, 0) is 74.4 Å². The van der Waals surface area contributed by atoms with Gasteiger partial charge in [-0.1, -0.05) is 30.3 Å². The average Bonchev–Trinajstić information content (AvgIpc) is 2.87. The Balaban J connectivity index is 1.91. The third-order valence-corrected chi connectivity index (χ3v) is 9.21. The minimum atomic E-state index is -3.49. The van der Waals surface area contributed by atoms with Crippen LogP contribution in [0.3, 0.4) is 0 Å². The van der Waals surface area contributed by atoms with Crippen LogP contribution in [0.25, 0.3) is 0 Å². The van der Waals surface area contributed by atoms with Crippen LogP contribution in [-0.2, 0) is 10.0 Å². The highest BCUT2D eigenvalue weighted by atomic mass is 32.2. The zero-order chi connectivity index (χ0) is 19.8. The maximum Gasteiger partial charge on any atom is 0.243 e. The molecule has 0 spiro atoms. The molecule has 3 rings (SSSR count). The zero-order valence-electron chi connectivity index (χ0n) is 16.9. The number of nitrogens with zero attached hydrogens (tertiary/aromatic N) is 1. The van der Waals surface area contributed by atoms with Crippen molar-refractivity contribution >= 4 is 21.8 Å². The van der Waals surface area contributed by atoms with Crippen molar-refractivity contribution in [3.05, 3.63) is 63.7 Å². The lowest BCUT2D eigenvalue weighted by molar-refractivity contribution is 0.427. The van der Waals surface area contributed by atoms with E-state index in [0.29, 0.717) is 23.2 Å². The topological polar surface area (TPSA) is 37.4 Å². The molecule has 0 amide bonds. The van der Waals surface area contributed by atoms with Gasteiger partial charge in [0, 0.05) is 24.1 Å². The first-order chi connectivity index (χ1) is 12.7. The van der Waals surface area contributed by atoms with E-state index in [1.807, 2.05) is 39.5 Å². The molecule has 0 aromatic heterocycles. The summed E-state index contributed by atoms with van der Waals surface area (Å²) in [5.41, 5.74) is 6.46. The molecule has 3 nitrogen and oxygen atoms in total. The van der Waals surface area contributed by atoms with Crippen LogP contribution in [0.15, 0.2) is 35.2 Å². The lowest BCUT2D eigenvalue weighted by atomic mass is 10.0. The Morgan fingerprint density at radius 2 is 1.56 bits per heavy atom. The maximum atomic E-state index is 13.5. The molecule has 1 heterocycles. The van der Waals surface area contributed by atoms with Gasteiger partial charge < -0.3 is 0 Å². The first kappa shape index (κ1) is 20.4. The second-order valence-corrected chi connectivity index (χ2v) is 10.7. The van der Waals surface area contributed by atoms with Crippen molar-refractivity contribution < 1.29 is 8.42 Å². The Morgan fingerprint density at radius 1 is 0.926 bits per heavy atom. The van der Waals surface area contributed by atoms with Crippen LogP contribution in [0.5, 0.6) is 0 Å². The Hall–Kier alpha value is -1.30. The van der Waals surface area contributed by atoms with E-state index in [4.69, 9.17) is 0 Å². The lowest BCUT2D eigenvalue weighted by Crippen LogP contribution is -2.34. The molecule has 2 aromatic rings. The molecule has 1 unspecified atom stereocenters. The van der Waals surface area contributed by atoms with Gasteiger partial charge in [-0.15, -0.1) is 0 Å². The van der Waals surface area contributed by atoms with Crippen LogP contribution in [0.1, 0.15) is 45.1 Å². The SMILES string of the molecule is Cc1ccccc1C1CCN(S(=O)(=O)c2c(C)c(C)cc(C)c2C)CCS1. The average molecular weight is 404 g/mol. The number of hydrogen-bond donors (Lipinski definition) is 0. The van der Waals surface area contributed by atoms with Gasteiger partial charge in [0.25, 0.3) is 0 Å². The van der Waals surface area contributed by atoms with E-state index in [1.54, 1.807) is 4.31 Å². The van der Waals surface area contributed by atoms with E-state index in [-0.39, 0.29) is 0 Å². The normalized spacial score (nSPS) is 19.1. The second-order valence-electron chi connectivity index (χ2n) is 7.50. The molecule has 1 aliphatic rings. The van der Waals surface area contributed by atoms with Crippen LogP contribution >= 0.6 is 11.8 Å². The molecule has 146 valence electrons. The van der Waals surface area contributed by atoms with Crippen molar-refractivity contribution in [2.75, 3.05) is 18.8 Å². The molecule has 1 fully saturated rings. The van der Waals surface area contributed by atoms with Crippen LogP contribution < -0.4 is 0 Å². The quantitative estimate of drug-likeness (QED) is 0.716. The van der Waals surface area contributed by atoms with Crippen molar-refractivity contribution in [2.45, 2.75) is 51.2 Å². The van der Waals surface area contributed by atoms with E-state index in [1.165, 1.54) is 11.1 Å². The van der Waals surface area contributed by atoms with E-state index in [0.717, 1.165) is 34.4 Å². The third kappa shape index (κ3) is 3.96. The maximum absolute atomic E-state index is 13.5. The summed E-state index contributed by atoms with van der Waals surface area (Å²) in [7, 11) is -3.49. The van der Waals surface area contributed by atoms with Crippen molar-refractivity contribution in [3.63, 3.8) is 0 Å². The van der Waals surface area contributed by atoms with Gasteiger partial charge in [0.15, 0.2) is 0 Å². The number of sulfonamides is 1. The van der Waals surface area contributed by atoms with Crippen molar-refractivity contribution in [1.29, 1.82) is 0 Å². The minimum Gasteiger partial charge on any atom is -0.207 e. The highest BCUT2D eigenvalue weighted by Crippen LogP contribution is 2.38. The summed E-state index contributed by atoms with van der Waals surface area (Å²) in [5.74, 6) is 0.821. The first-order valence-electron chi connectivity index (χ1n) is 9.48. The molecule has 0 radical (unpaired) electrons. The molecule has 1 atom stereocenters. The summed E-state index contributed by atoms with van der Waals surface area (Å²) in [6, 6.07) is 10.5. The summed E-state index contributed by atoms with van der Waals surface area (Å²) in [6.07, 6.45) is 0.845. The largest absolute Gasteiger partial charge is 0.243 e. The number of rotatable bonds is 3. The lowest BCUT2D eigenvalue weighted by Gasteiger charge is -2.24. The van der Waals surface area contributed by atoms with Gasteiger partial charge in [0.05, 0.1) is 4.90 Å². The Bertz CT molecular complexity index is 925. The fourth-order valence-electron chi connectivity index (χ4n) is 3.88.